The Morgan fingerprint density at radius 2 is 1.78 bits per heavy atom. The Hall–Kier alpha value is -4.21. The van der Waals surface area contributed by atoms with E-state index in [0.717, 1.165) is 11.4 Å². The van der Waals surface area contributed by atoms with E-state index in [1.807, 2.05) is 35.8 Å². The van der Waals surface area contributed by atoms with E-state index in [4.69, 9.17) is 14.2 Å². The van der Waals surface area contributed by atoms with Crippen LogP contribution in [0.2, 0.25) is 0 Å². The van der Waals surface area contributed by atoms with Gasteiger partial charge in [-0.3, -0.25) is 14.4 Å². The summed E-state index contributed by atoms with van der Waals surface area (Å²) in [5.74, 6) is 1.06. The van der Waals surface area contributed by atoms with Gasteiger partial charge >= 0.3 is 0 Å². The van der Waals surface area contributed by atoms with E-state index in [-0.39, 0.29) is 24.8 Å². The number of piperazine rings is 1. The van der Waals surface area contributed by atoms with Crippen molar-refractivity contribution in [3.63, 3.8) is 0 Å². The molecule has 0 bridgehead atoms. The number of rotatable bonds is 6. The van der Waals surface area contributed by atoms with E-state index >= 15 is 0 Å². The summed E-state index contributed by atoms with van der Waals surface area (Å²) in [4.78, 5) is 42.8. The molecular weight excluding hydrogens is 464 g/mol. The van der Waals surface area contributed by atoms with Gasteiger partial charge in [0.15, 0.2) is 11.5 Å². The molecule has 3 heterocycles. The normalized spacial score (nSPS) is 14.7. The van der Waals surface area contributed by atoms with Gasteiger partial charge < -0.3 is 33.9 Å². The molecule has 0 spiro atoms. The zero-order valence-corrected chi connectivity index (χ0v) is 20.3. The third-order valence-corrected chi connectivity index (χ3v) is 6.62. The number of aromatic nitrogens is 1. The molecule has 2 aromatic carbocycles. The molecule has 3 aromatic rings. The molecule has 1 N–H and O–H groups in total. The van der Waals surface area contributed by atoms with Gasteiger partial charge in [0.05, 0.1) is 30.2 Å². The number of pyridine rings is 1. The number of amides is 2. The number of para-hydroxylation sites is 2. The molecule has 0 unspecified atom stereocenters. The summed E-state index contributed by atoms with van der Waals surface area (Å²) in [6.07, 6.45) is 1.53. The number of ether oxygens (including phenoxy) is 3. The van der Waals surface area contributed by atoms with Crippen molar-refractivity contribution in [1.29, 1.82) is 0 Å². The summed E-state index contributed by atoms with van der Waals surface area (Å²) in [5, 5.41) is 3.00. The first-order chi connectivity index (χ1) is 17.5. The minimum Gasteiger partial charge on any atom is -0.495 e. The number of hydrogen-bond donors (Lipinski definition) is 1. The second kappa shape index (κ2) is 9.80. The van der Waals surface area contributed by atoms with Gasteiger partial charge in [-0.15, -0.1) is 0 Å². The van der Waals surface area contributed by atoms with Crippen LogP contribution in [0, 0.1) is 0 Å². The van der Waals surface area contributed by atoms with Crippen LogP contribution < -0.4 is 29.9 Å². The van der Waals surface area contributed by atoms with E-state index in [1.165, 1.54) is 6.20 Å². The number of carbonyl (C=O) groups is 2. The molecule has 2 aliphatic heterocycles. The fourth-order valence-corrected chi connectivity index (χ4v) is 4.65. The first-order valence-corrected chi connectivity index (χ1v) is 11.9. The minimum absolute atomic E-state index is 0.0167. The number of methoxy groups -OCH3 is 1. The lowest BCUT2D eigenvalue weighted by Gasteiger charge is -2.36. The smallest absolute Gasteiger partial charge is 0.257 e. The first-order valence-electron chi connectivity index (χ1n) is 11.9. The van der Waals surface area contributed by atoms with Crippen molar-refractivity contribution in [1.82, 2.24) is 14.8 Å². The number of nitrogens with one attached hydrogen (secondary N) is 1. The molecule has 0 atom stereocenters. The van der Waals surface area contributed by atoms with Gasteiger partial charge in [0.2, 0.25) is 18.1 Å². The zero-order valence-electron chi connectivity index (χ0n) is 20.3. The largest absolute Gasteiger partial charge is 0.495 e. The van der Waals surface area contributed by atoms with Crippen molar-refractivity contribution in [2.45, 2.75) is 13.5 Å². The van der Waals surface area contributed by atoms with Crippen LogP contribution in [0.15, 0.2) is 47.4 Å². The maximum atomic E-state index is 13.1. The Kier molecular flexibility index (Phi) is 6.41. The monoisotopic (exact) mass is 492 g/mol. The number of fused-ring (bicyclic) bond motifs is 2. The van der Waals surface area contributed by atoms with Crippen molar-refractivity contribution in [3.8, 4) is 17.2 Å². The maximum absolute atomic E-state index is 13.1. The van der Waals surface area contributed by atoms with Gasteiger partial charge in [-0.05, 0) is 25.1 Å². The van der Waals surface area contributed by atoms with Gasteiger partial charge in [0, 0.05) is 45.0 Å². The highest BCUT2D eigenvalue weighted by atomic mass is 16.7. The molecule has 188 valence electrons. The molecule has 2 amide bonds. The maximum Gasteiger partial charge on any atom is 0.257 e. The highest BCUT2D eigenvalue weighted by Gasteiger charge is 2.24. The SMILES string of the molecule is CCn1cc(C(=O)NCC(=O)N2CCN(c3ccccc3OC)CC2)c(=O)c2cc3c(cc21)OCO3. The molecule has 0 aliphatic carbocycles. The second-order valence-corrected chi connectivity index (χ2v) is 8.60. The van der Waals surface area contributed by atoms with Crippen LogP contribution >= 0.6 is 0 Å². The lowest BCUT2D eigenvalue weighted by atomic mass is 10.1. The molecule has 0 radical (unpaired) electrons. The summed E-state index contributed by atoms with van der Waals surface area (Å²) < 4.78 is 18.1. The second-order valence-electron chi connectivity index (χ2n) is 8.60. The highest BCUT2D eigenvalue weighted by molar-refractivity contribution is 5.99. The molecular formula is C26H28N4O6. The Morgan fingerprint density at radius 3 is 2.50 bits per heavy atom. The van der Waals surface area contributed by atoms with Crippen LogP contribution in [0.3, 0.4) is 0 Å². The van der Waals surface area contributed by atoms with E-state index in [1.54, 1.807) is 24.1 Å². The Bertz CT molecular complexity index is 1380. The summed E-state index contributed by atoms with van der Waals surface area (Å²) in [6.45, 7) is 4.74. The summed E-state index contributed by atoms with van der Waals surface area (Å²) in [7, 11) is 1.64. The molecule has 2 aliphatic rings. The van der Waals surface area contributed by atoms with Crippen molar-refractivity contribution in [2.24, 2.45) is 0 Å². The minimum atomic E-state index is -0.581. The standard InChI is InChI=1S/C26H28N4O6/c1-3-28-15-18(25(32)17-12-22-23(13-20(17)28)36-16-35-22)26(33)27-14-24(31)30-10-8-29(9-11-30)19-6-4-5-7-21(19)34-2/h4-7,12-13,15H,3,8-11,14,16H2,1-2H3,(H,27,33). The molecule has 0 saturated carbocycles. The van der Waals surface area contributed by atoms with Crippen molar-refractivity contribution in [2.75, 3.05) is 51.5 Å². The first kappa shape index (κ1) is 23.5. The predicted molar refractivity (Wildman–Crippen MR) is 134 cm³/mol. The number of nitrogens with zero attached hydrogens (tertiary/aromatic N) is 3. The van der Waals surface area contributed by atoms with E-state index in [9.17, 15) is 14.4 Å². The summed E-state index contributed by atoms with van der Waals surface area (Å²) in [5.41, 5.74) is 1.22. The van der Waals surface area contributed by atoms with Crippen molar-refractivity contribution >= 4 is 28.4 Å². The molecule has 5 rings (SSSR count). The van der Waals surface area contributed by atoms with Crippen LogP contribution in [0.1, 0.15) is 17.3 Å². The van der Waals surface area contributed by atoms with Gasteiger partial charge in [-0.1, -0.05) is 12.1 Å². The third-order valence-electron chi connectivity index (χ3n) is 6.62. The van der Waals surface area contributed by atoms with Gasteiger partial charge in [0.1, 0.15) is 11.3 Å². The Morgan fingerprint density at radius 1 is 1.06 bits per heavy atom. The van der Waals surface area contributed by atoms with Crippen molar-refractivity contribution in [3.05, 3.63) is 58.4 Å². The Labute approximate surface area is 207 Å². The average Bonchev–Trinajstić information content (AvgIpc) is 3.38. The fourth-order valence-electron chi connectivity index (χ4n) is 4.65. The zero-order chi connectivity index (χ0) is 25.2. The number of anilines is 1. The molecule has 1 fully saturated rings. The van der Waals surface area contributed by atoms with Crippen LogP contribution in [-0.2, 0) is 11.3 Å². The van der Waals surface area contributed by atoms with Gasteiger partial charge in [-0.25, -0.2) is 0 Å². The lowest BCUT2D eigenvalue weighted by molar-refractivity contribution is -0.130. The number of hydrogen-bond acceptors (Lipinski definition) is 7. The molecule has 1 aromatic heterocycles. The fraction of sp³-hybridized carbons (Fsp3) is 0.346. The van der Waals surface area contributed by atoms with E-state index < -0.39 is 11.3 Å². The average molecular weight is 493 g/mol. The van der Waals surface area contributed by atoms with Crippen LogP contribution in [0.5, 0.6) is 17.2 Å². The molecule has 1 saturated heterocycles. The third kappa shape index (κ3) is 4.30. The van der Waals surface area contributed by atoms with Gasteiger partial charge in [0.25, 0.3) is 5.91 Å². The van der Waals surface area contributed by atoms with E-state index in [0.29, 0.717) is 55.1 Å². The lowest BCUT2D eigenvalue weighted by Crippen LogP contribution is -2.51. The molecule has 10 heteroatoms. The summed E-state index contributed by atoms with van der Waals surface area (Å²) in [6, 6.07) is 11.1. The molecule has 10 nitrogen and oxygen atoms in total. The number of benzene rings is 2. The highest BCUT2D eigenvalue weighted by Crippen LogP contribution is 2.35. The topological polar surface area (TPSA) is 102 Å². The number of carbonyl (C=O) groups excluding carboxylic acids is 2. The van der Waals surface area contributed by atoms with Crippen LogP contribution in [-0.4, -0.2) is 67.9 Å². The van der Waals surface area contributed by atoms with Crippen molar-refractivity contribution < 1.29 is 23.8 Å². The number of aryl methyl sites for hydroxylation is 1. The predicted octanol–water partition coefficient (Wildman–Crippen LogP) is 1.84. The van der Waals surface area contributed by atoms with Crippen LogP contribution in [0.4, 0.5) is 5.69 Å². The van der Waals surface area contributed by atoms with Gasteiger partial charge in [-0.2, -0.15) is 0 Å². The van der Waals surface area contributed by atoms with Crippen LogP contribution in [0.25, 0.3) is 10.9 Å². The quantitative estimate of drug-likeness (QED) is 0.560. The molecule has 36 heavy (non-hydrogen) atoms. The Balaban J connectivity index is 1.25. The summed E-state index contributed by atoms with van der Waals surface area (Å²) >= 11 is 0. The van der Waals surface area contributed by atoms with E-state index in [2.05, 4.69) is 10.2 Å².